The van der Waals surface area contributed by atoms with Crippen molar-refractivity contribution < 1.29 is 8.81 Å². The topological polar surface area (TPSA) is 63.8 Å². The summed E-state index contributed by atoms with van der Waals surface area (Å²) in [7, 11) is 0. The van der Waals surface area contributed by atoms with Gasteiger partial charge in [-0.15, -0.1) is 21.5 Å². The maximum absolute atomic E-state index is 13.6. The Morgan fingerprint density at radius 1 is 1.16 bits per heavy atom. The van der Waals surface area contributed by atoms with Crippen LogP contribution in [0, 0.1) is 5.82 Å². The van der Waals surface area contributed by atoms with Crippen molar-refractivity contribution in [1.82, 2.24) is 15.2 Å². The first-order valence-electron chi connectivity index (χ1n) is 7.24. The van der Waals surface area contributed by atoms with Crippen molar-refractivity contribution in [3.8, 4) is 10.8 Å². The Bertz CT molecular complexity index is 967. The maximum atomic E-state index is 13.6. The summed E-state index contributed by atoms with van der Waals surface area (Å²) < 4.78 is 19.9. The molecule has 0 aliphatic rings. The molecular weight excluding hydrogens is 379 g/mol. The fourth-order valence-corrected chi connectivity index (χ4v) is 4.32. The molecule has 4 rings (SSSR count). The number of aromatic nitrogens is 3. The van der Waals surface area contributed by atoms with Gasteiger partial charge in [0.1, 0.15) is 12.1 Å². The Morgan fingerprint density at radius 2 is 2.08 bits per heavy atom. The van der Waals surface area contributed by atoms with Crippen LogP contribution in [0.1, 0.15) is 5.69 Å². The summed E-state index contributed by atoms with van der Waals surface area (Å²) in [6, 6.07) is 10.4. The number of rotatable bonds is 6. The van der Waals surface area contributed by atoms with Gasteiger partial charge in [0, 0.05) is 5.75 Å². The first-order chi connectivity index (χ1) is 12.3. The second-order valence-corrected chi connectivity index (χ2v) is 8.04. The zero-order chi connectivity index (χ0) is 17.1. The summed E-state index contributed by atoms with van der Waals surface area (Å²) in [6.07, 6.45) is 1.65. The van der Waals surface area contributed by atoms with E-state index in [1.54, 1.807) is 35.8 Å². The fraction of sp³-hybridized carbons (Fsp3) is 0.0625. The van der Waals surface area contributed by atoms with Gasteiger partial charge < -0.3 is 9.73 Å². The summed E-state index contributed by atoms with van der Waals surface area (Å²) >= 11 is 4.47. The van der Waals surface area contributed by atoms with Gasteiger partial charge in [0.2, 0.25) is 11.0 Å². The number of nitrogens with zero attached hydrogens (tertiary/aromatic N) is 3. The van der Waals surface area contributed by atoms with Crippen LogP contribution in [0.4, 0.5) is 15.2 Å². The number of thiophene rings is 1. The monoisotopic (exact) mass is 390 g/mol. The zero-order valence-corrected chi connectivity index (χ0v) is 15.1. The number of hydrogen-bond donors (Lipinski definition) is 1. The molecule has 0 spiro atoms. The number of oxazole rings is 1. The number of halogens is 1. The SMILES string of the molecule is Fc1ccccc1Nc1nnc(SCc2coc(-c3cccs3)n2)s1. The third kappa shape index (κ3) is 3.89. The van der Waals surface area contributed by atoms with Gasteiger partial charge in [0.15, 0.2) is 4.34 Å². The highest BCUT2D eigenvalue weighted by Crippen LogP contribution is 2.31. The van der Waals surface area contributed by atoms with Crippen molar-refractivity contribution in [2.45, 2.75) is 10.1 Å². The zero-order valence-electron chi connectivity index (χ0n) is 12.7. The lowest BCUT2D eigenvalue weighted by Gasteiger charge is -2.01. The van der Waals surface area contributed by atoms with Gasteiger partial charge in [0.05, 0.1) is 16.3 Å². The molecule has 0 unspecified atom stereocenters. The van der Waals surface area contributed by atoms with Crippen LogP contribution >= 0.6 is 34.4 Å². The number of hydrogen-bond acceptors (Lipinski definition) is 8. The predicted octanol–water partition coefficient (Wildman–Crippen LogP) is 5.43. The average molecular weight is 390 g/mol. The molecule has 5 nitrogen and oxygen atoms in total. The number of anilines is 2. The van der Waals surface area contributed by atoms with Gasteiger partial charge in [0.25, 0.3) is 0 Å². The third-order valence-corrected chi connectivity index (χ3v) is 6.01. The van der Waals surface area contributed by atoms with Gasteiger partial charge in [-0.2, -0.15) is 0 Å². The molecule has 1 aromatic carbocycles. The Hall–Kier alpha value is -2.23. The van der Waals surface area contributed by atoms with Crippen molar-refractivity contribution in [1.29, 1.82) is 0 Å². The molecule has 1 N–H and O–H groups in total. The first kappa shape index (κ1) is 16.2. The van der Waals surface area contributed by atoms with E-state index < -0.39 is 0 Å². The van der Waals surface area contributed by atoms with E-state index in [9.17, 15) is 4.39 Å². The quantitative estimate of drug-likeness (QED) is 0.443. The summed E-state index contributed by atoms with van der Waals surface area (Å²) in [4.78, 5) is 5.47. The lowest BCUT2D eigenvalue weighted by molar-refractivity contribution is 0.575. The molecular formula is C16H11FN4OS3. The van der Waals surface area contributed by atoms with Gasteiger partial charge in [-0.05, 0) is 23.6 Å². The summed E-state index contributed by atoms with van der Waals surface area (Å²) in [5.41, 5.74) is 1.22. The lowest BCUT2D eigenvalue weighted by Crippen LogP contribution is -1.92. The summed E-state index contributed by atoms with van der Waals surface area (Å²) in [5, 5.41) is 13.6. The van der Waals surface area contributed by atoms with Crippen LogP contribution in [-0.2, 0) is 5.75 Å². The van der Waals surface area contributed by atoms with Crippen molar-refractivity contribution in [2.24, 2.45) is 0 Å². The van der Waals surface area contributed by atoms with Crippen LogP contribution in [0.15, 0.2) is 56.8 Å². The summed E-state index contributed by atoms with van der Waals surface area (Å²) in [5.74, 6) is 0.934. The number of benzene rings is 1. The van der Waals surface area contributed by atoms with Crippen LogP contribution in [0.2, 0.25) is 0 Å². The van der Waals surface area contributed by atoms with E-state index in [1.165, 1.54) is 29.2 Å². The van der Waals surface area contributed by atoms with Crippen LogP contribution in [0.5, 0.6) is 0 Å². The highest BCUT2D eigenvalue weighted by molar-refractivity contribution is 8.00. The molecule has 0 saturated carbocycles. The smallest absolute Gasteiger partial charge is 0.236 e. The van der Waals surface area contributed by atoms with Crippen LogP contribution < -0.4 is 5.32 Å². The van der Waals surface area contributed by atoms with Gasteiger partial charge in [-0.3, -0.25) is 0 Å². The van der Waals surface area contributed by atoms with E-state index in [2.05, 4.69) is 20.5 Å². The van der Waals surface area contributed by atoms with E-state index in [4.69, 9.17) is 4.42 Å². The van der Waals surface area contributed by atoms with Crippen molar-refractivity contribution in [3.63, 3.8) is 0 Å². The van der Waals surface area contributed by atoms with E-state index in [0.29, 0.717) is 22.5 Å². The molecule has 4 aromatic rings. The highest BCUT2D eigenvalue weighted by atomic mass is 32.2. The Kier molecular flexibility index (Phi) is 4.77. The molecule has 0 atom stereocenters. The molecule has 0 aliphatic carbocycles. The summed E-state index contributed by atoms with van der Waals surface area (Å²) in [6.45, 7) is 0. The molecule has 0 saturated heterocycles. The van der Waals surface area contributed by atoms with Crippen LogP contribution in [0.3, 0.4) is 0 Å². The van der Waals surface area contributed by atoms with E-state index in [1.807, 2.05) is 17.5 Å². The number of para-hydroxylation sites is 1. The predicted molar refractivity (Wildman–Crippen MR) is 99.0 cm³/mol. The first-order valence-corrected chi connectivity index (χ1v) is 9.92. The molecule has 0 amide bonds. The Morgan fingerprint density at radius 3 is 2.92 bits per heavy atom. The third-order valence-electron chi connectivity index (χ3n) is 3.15. The molecule has 9 heteroatoms. The molecule has 3 heterocycles. The highest BCUT2D eigenvalue weighted by Gasteiger charge is 2.11. The minimum atomic E-state index is -0.324. The Balaban J connectivity index is 1.38. The van der Waals surface area contributed by atoms with Crippen LogP contribution in [0.25, 0.3) is 10.8 Å². The normalized spacial score (nSPS) is 10.9. The lowest BCUT2D eigenvalue weighted by atomic mass is 10.3. The Labute approximate surface area is 155 Å². The van der Waals surface area contributed by atoms with E-state index in [-0.39, 0.29) is 5.82 Å². The van der Waals surface area contributed by atoms with Gasteiger partial charge in [-0.1, -0.05) is 41.3 Å². The second-order valence-electron chi connectivity index (χ2n) is 4.89. The average Bonchev–Trinajstić information content (AvgIpc) is 3.37. The maximum Gasteiger partial charge on any atom is 0.236 e. The molecule has 25 heavy (non-hydrogen) atoms. The molecule has 0 fully saturated rings. The van der Waals surface area contributed by atoms with Crippen molar-refractivity contribution in [3.05, 3.63) is 59.6 Å². The number of thioether (sulfide) groups is 1. The van der Waals surface area contributed by atoms with E-state index in [0.717, 1.165) is 14.9 Å². The molecule has 3 aromatic heterocycles. The largest absolute Gasteiger partial charge is 0.444 e. The van der Waals surface area contributed by atoms with Gasteiger partial charge in [-0.25, -0.2) is 9.37 Å². The molecule has 0 aliphatic heterocycles. The van der Waals surface area contributed by atoms with Crippen LogP contribution in [-0.4, -0.2) is 15.2 Å². The van der Waals surface area contributed by atoms with Crippen molar-refractivity contribution in [2.75, 3.05) is 5.32 Å². The molecule has 0 radical (unpaired) electrons. The van der Waals surface area contributed by atoms with Crippen molar-refractivity contribution >= 4 is 45.3 Å². The minimum Gasteiger partial charge on any atom is -0.444 e. The number of nitrogens with one attached hydrogen (secondary N) is 1. The molecule has 0 bridgehead atoms. The minimum absolute atomic E-state index is 0.324. The van der Waals surface area contributed by atoms with Gasteiger partial charge >= 0.3 is 0 Å². The van der Waals surface area contributed by atoms with E-state index >= 15 is 0 Å². The second kappa shape index (κ2) is 7.34. The molecule has 126 valence electrons. The fourth-order valence-electron chi connectivity index (χ4n) is 2.02. The standard InChI is InChI=1S/C16H11FN4OS3/c17-11-4-1-2-5-12(11)19-15-20-21-16(25-15)24-9-10-8-22-14(18-10)13-6-3-7-23-13/h1-8H,9H2,(H,19,20).